The third kappa shape index (κ3) is 5.65. The molecule has 0 amide bonds. The molecule has 242 valence electrons. The van der Waals surface area contributed by atoms with E-state index in [-0.39, 0.29) is 60.5 Å². The minimum absolute atomic E-state index is 0. The van der Waals surface area contributed by atoms with E-state index >= 15 is 0 Å². The molecule has 2 aliphatic heterocycles. The van der Waals surface area contributed by atoms with Crippen LogP contribution in [0.1, 0.15) is 95.1 Å². The maximum Gasteiger partial charge on any atom is 2.00 e. The van der Waals surface area contributed by atoms with E-state index in [1.807, 2.05) is 45.1 Å². The summed E-state index contributed by atoms with van der Waals surface area (Å²) in [5.74, 6) is -3.01. The maximum absolute atomic E-state index is 14.0. The van der Waals surface area contributed by atoms with E-state index in [1.165, 1.54) is 14.2 Å². The smallest absolute Gasteiger partial charge is 0.664 e. The molecule has 9 nitrogen and oxygen atoms in total. The summed E-state index contributed by atoms with van der Waals surface area (Å²) in [4.78, 5) is 54.6. The molecule has 0 aromatic carbocycles. The Labute approximate surface area is 291 Å². The molecule has 8 bridgehead atoms. The Morgan fingerprint density at radius 2 is 1.62 bits per heavy atom. The van der Waals surface area contributed by atoms with Crippen molar-refractivity contribution in [2.24, 2.45) is 17.8 Å². The van der Waals surface area contributed by atoms with Gasteiger partial charge in [0.15, 0.2) is 5.78 Å². The average molecular weight is 645 g/mol. The number of methoxy groups -OCH3 is 2. The fourth-order valence-corrected chi connectivity index (χ4v) is 7.02. The Hall–Kier alpha value is -4.02. The van der Waals surface area contributed by atoms with Crippen LogP contribution in [0.25, 0.3) is 35.2 Å². The van der Waals surface area contributed by atoms with Crippen molar-refractivity contribution in [1.82, 2.24) is 15.0 Å². The number of esters is 2. The molecule has 1 saturated heterocycles. The predicted molar refractivity (Wildman–Crippen MR) is 184 cm³/mol. The molecule has 1 fully saturated rings. The first-order valence-corrected chi connectivity index (χ1v) is 15.2. The average Bonchev–Trinajstić information content (AvgIpc) is 3.76. The zero-order valence-corrected chi connectivity index (χ0v) is 28.8. The third-order valence-electron chi connectivity index (χ3n) is 9.63. The van der Waals surface area contributed by atoms with Gasteiger partial charge >= 0.3 is 35.0 Å². The standard InChI is InChI=1S/C36H37N4O5.CH4.Mg/c1-9-20-16(3)23-13-25-18(5)22(11-12-29(41)44-7)33(39-25)31-32(36(43)45-8)35(42)30-19(6)26(40-34(30)31)15-28-21(10-2)17(4)24(38-28)14-27(20)37-23;;/h9,13-15,18,22,32H,1,10-12H2,2-8H3,(H-,39,40,42);1H4;/q-3;;+2/p-1/b24-14-,25-13-,28-15-;;/t18-,22-,32+;;/m0../s1. The van der Waals surface area contributed by atoms with Gasteiger partial charge in [0.05, 0.1) is 14.2 Å². The fourth-order valence-electron chi connectivity index (χ4n) is 7.02. The fraction of sp³-hybridized carbons (Fsp3) is 0.378. The minimum atomic E-state index is -1.20. The number of rotatable bonds is 6. The van der Waals surface area contributed by atoms with E-state index in [0.717, 1.165) is 56.5 Å². The first-order chi connectivity index (χ1) is 21.5. The summed E-state index contributed by atoms with van der Waals surface area (Å²) >= 11 is 0. The second-order valence-corrected chi connectivity index (χ2v) is 11.9. The molecule has 3 atom stereocenters. The summed E-state index contributed by atoms with van der Waals surface area (Å²) in [6, 6.07) is 0. The number of carbonyl (C=O) groups excluding carboxylic acids is 3. The Bertz CT molecular complexity index is 1990. The van der Waals surface area contributed by atoms with Crippen LogP contribution >= 0.6 is 0 Å². The molecule has 3 aromatic rings. The van der Waals surface area contributed by atoms with Gasteiger partial charge in [-0.2, -0.15) is 11.4 Å². The zero-order chi connectivity index (χ0) is 32.3. The Balaban J connectivity index is 0.00000250. The summed E-state index contributed by atoms with van der Waals surface area (Å²) in [7, 11) is 2.63. The normalized spacial score (nSPS) is 23.2. The van der Waals surface area contributed by atoms with Gasteiger partial charge < -0.3 is 29.7 Å². The van der Waals surface area contributed by atoms with Gasteiger partial charge in [0.1, 0.15) is 5.92 Å². The molecular weight excluding hydrogens is 605 g/mol. The number of hydrogen-bond donors (Lipinski definition) is 0. The van der Waals surface area contributed by atoms with Crippen LogP contribution in [0.2, 0.25) is 0 Å². The quantitative estimate of drug-likeness (QED) is 0.222. The number of nitrogens with zero attached hydrogens (tertiary/aromatic N) is 4. The molecule has 1 aliphatic carbocycles. The summed E-state index contributed by atoms with van der Waals surface area (Å²) in [6.45, 7) is 14.1. The number of aromatic nitrogens is 3. The van der Waals surface area contributed by atoms with Crippen molar-refractivity contribution in [3.8, 4) is 0 Å². The van der Waals surface area contributed by atoms with Crippen molar-refractivity contribution in [1.29, 1.82) is 0 Å². The van der Waals surface area contributed by atoms with Crippen LogP contribution < -0.4 is 25.7 Å². The topological polar surface area (TPSA) is 126 Å². The van der Waals surface area contributed by atoms with Crippen LogP contribution in [0.3, 0.4) is 0 Å². The molecule has 3 aliphatic rings. The van der Waals surface area contributed by atoms with Gasteiger partial charge in [0, 0.05) is 12.0 Å². The SMILES string of the molecule is C.C=Cc1c2[n-]c(c1C)/C=C1\[N-]/C(=C3\c4[n-]c(c(C)c4C(=O)[C@@H]3C(=O)OC)/C=c3\[n-]/c(c(C)c3CC)=C\2)[C@@H](CCC(=O)OC)[C@@H]1C.[Mg+2]. The number of fused-ring (bicyclic) bond motifs is 7. The number of carbonyl (C=O) groups is 3. The Morgan fingerprint density at radius 3 is 2.26 bits per heavy atom. The molecule has 0 saturated carbocycles. The van der Waals surface area contributed by atoms with Crippen LogP contribution in [-0.4, -0.2) is 55.0 Å². The molecule has 0 unspecified atom stereocenters. The van der Waals surface area contributed by atoms with Crippen molar-refractivity contribution in [2.45, 2.75) is 61.3 Å². The van der Waals surface area contributed by atoms with E-state index in [2.05, 4.69) is 20.4 Å². The van der Waals surface area contributed by atoms with Crippen LogP contribution in [0, 0.1) is 38.5 Å². The van der Waals surface area contributed by atoms with Gasteiger partial charge in [-0.1, -0.05) is 80.0 Å². The summed E-state index contributed by atoms with van der Waals surface area (Å²) in [6.07, 6.45) is 9.00. The predicted octanol–water partition coefficient (Wildman–Crippen LogP) is 4.25. The number of Topliss-reactive ketones (excluding diaryl/α,β-unsaturated/α-hetero) is 1. The Kier molecular flexibility index (Phi) is 10.4. The first-order valence-electron chi connectivity index (χ1n) is 15.2. The monoisotopic (exact) mass is 644 g/mol. The molecule has 0 N–H and O–H groups in total. The molecule has 3 aromatic heterocycles. The van der Waals surface area contributed by atoms with E-state index in [9.17, 15) is 14.4 Å². The van der Waals surface area contributed by atoms with E-state index in [4.69, 9.17) is 29.7 Å². The molecule has 47 heavy (non-hydrogen) atoms. The first kappa shape index (κ1) is 35.8. The molecular formula is C37H40MgN4O5-2. The summed E-state index contributed by atoms with van der Waals surface area (Å²) in [5, 5.41) is 6.70. The maximum atomic E-state index is 14.0. The van der Waals surface area contributed by atoms with Gasteiger partial charge in [-0.25, -0.2) is 0 Å². The zero-order valence-electron chi connectivity index (χ0n) is 27.4. The molecule has 0 spiro atoms. The second-order valence-electron chi connectivity index (χ2n) is 11.9. The van der Waals surface area contributed by atoms with Crippen LogP contribution in [0.5, 0.6) is 0 Å². The van der Waals surface area contributed by atoms with Crippen molar-refractivity contribution >= 4 is 70.7 Å². The summed E-state index contributed by atoms with van der Waals surface area (Å²) in [5.41, 5.74) is 9.40. The molecule has 0 radical (unpaired) electrons. The van der Waals surface area contributed by atoms with E-state index < -0.39 is 11.9 Å². The van der Waals surface area contributed by atoms with Crippen molar-refractivity contribution in [3.63, 3.8) is 0 Å². The largest absolute Gasteiger partial charge is 2.00 e. The van der Waals surface area contributed by atoms with E-state index in [1.54, 1.807) is 0 Å². The van der Waals surface area contributed by atoms with Crippen LogP contribution in [0.4, 0.5) is 0 Å². The number of ketones is 1. The van der Waals surface area contributed by atoms with Gasteiger partial charge in [-0.05, 0) is 51.0 Å². The van der Waals surface area contributed by atoms with Crippen LogP contribution in [-0.2, 0) is 25.5 Å². The van der Waals surface area contributed by atoms with Crippen LogP contribution in [0.15, 0.2) is 18.0 Å². The van der Waals surface area contributed by atoms with Crippen molar-refractivity contribution < 1.29 is 23.9 Å². The minimum Gasteiger partial charge on any atom is -0.664 e. The Morgan fingerprint density at radius 1 is 0.936 bits per heavy atom. The second kappa shape index (κ2) is 13.6. The number of hydrogen-bond acceptors (Lipinski definition) is 5. The van der Waals surface area contributed by atoms with E-state index in [0.29, 0.717) is 40.2 Å². The molecule has 5 heterocycles. The summed E-state index contributed by atoms with van der Waals surface area (Å²) < 4.78 is 10.1. The molecule has 10 heteroatoms. The van der Waals surface area contributed by atoms with Gasteiger partial charge in [0.25, 0.3) is 0 Å². The number of ether oxygens (including phenoxy) is 2. The number of allylic oxidation sites excluding steroid dienone is 2. The third-order valence-corrected chi connectivity index (χ3v) is 9.63. The van der Waals surface area contributed by atoms with Gasteiger partial charge in [-0.3, -0.25) is 14.4 Å². The van der Waals surface area contributed by atoms with Crippen molar-refractivity contribution in [2.75, 3.05) is 14.2 Å². The molecule has 6 rings (SSSR count). The van der Waals surface area contributed by atoms with Gasteiger partial charge in [-0.15, -0.1) is 33.5 Å². The van der Waals surface area contributed by atoms with Crippen molar-refractivity contribution in [3.05, 3.63) is 90.1 Å². The van der Waals surface area contributed by atoms with Gasteiger partial charge in [0.2, 0.25) is 0 Å².